The number of alkyl halides is 2. The first-order valence-corrected chi connectivity index (χ1v) is 50.8. The highest BCUT2D eigenvalue weighted by atomic mass is 35.5. The zero-order valence-corrected chi connectivity index (χ0v) is 89.0. The van der Waals surface area contributed by atoms with E-state index in [1.54, 1.807) is 19.4 Å². The molecule has 736 valence electrons. The van der Waals surface area contributed by atoms with Crippen LogP contribution in [0.5, 0.6) is 0 Å². The molecule has 10 fully saturated rings. The Bertz CT molecular complexity index is 5020. The Labute approximate surface area is 813 Å². The smallest absolute Gasteiger partial charge is 0.312 e. The molecule has 0 bridgehead atoms. The van der Waals surface area contributed by atoms with Gasteiger partial charge in [0.15, 0.2) is 0 Å². The van der Waals surface area contributed by atoms with Gasteiger partial charge in [-0.15, -0.1) is 23.2 Å². The van der Waals surface area contributed by atoms with Crippen molar-refractivity contribution in [2.45, 2.75) is 369 Å². The second-order valence-corrected chi connectivity index (χ2v) is 49.4. The highest BCUT2D eigenvalue weighted by molar-refractivity contribution is 6.53. The quantitative estimate of drug-likeness (QED) is 0.0416. The van der Waals surface area contributed by atoms with E-state index in [1.807, 2.05) is 135 Å². The van der Waals surface area contributed by atoms with Crippen molar-refractivity contribution in [3.05, 3.63) is 172 Å². The lowest BCUT2D eigenvalue weighted by molar-refractivity contribution is -0.151. The summed E-state index contributed by atoms with van der Waals surface area (Å²) in [6.07, 6.45) is 27.0. The molecular weight excluding hydrogens is 1720 g/mol. The molecule has 18 heteroatoms. The Balaban J connectivity index is 0.000000148. The molecule has 0 N–H and O–H groups in total. The van der Waals surface area contributed by atoms with Gasteiger partial charge in [0.25, 0.3) is 0 Å². The molecule has 10 unspecified atom stereocenters. The van der Waals surface area contributed by atoms with Crippen LogP contribution in [-0.4, -0.2) is 101 Å². The third-order valence-corrected chi connectivity index (χ3v) is 35.4. The number of aryl methyl sites for hydroxylation is 1. The van der Waals surface area contributed by atoms with Crippen molar-refractivity contribution in [1.82, 2.24) is 0 Å². The fourth-order valence-electron chi connectivity index (χ4n) is 25.7. The molecule has 18 rings (SSSR count). The summed E-state index contributed by atoms with van der Waals surface area (Å²) in [6, 6.07) is 33.9. The van der Waals surface area contributed by atoms with Crippen LogP contribution >= 0.6 is 23.2 Å². The highest BCUT2D eigenvalue weighted by Crippen LogP contribution is 2.80. The SMILES string of the molecule is CC(C)OC(=O)C1C(C)(C)C1(C)C.CC(C)OC(=O)C1C(C)(C)C1(Cl)Cl.CC(C)OC(=O)C1C(C)(C)C12C=CC=C2.CC(C)OC(=O)C1C(C)(C)C12C=Cc1ccccc12.CC(C)OC(=O)C1C(C)(C)C12CCCC2.CC(C)OC(=O)C1C(C)(C)C12CCc1ccccc12.CC(C)OC(=O)C1C(C)(C)C12c1ccccc1-c1ccccc12.CC(C)OC(=O)C1C(C=C2CCCC2)C1(C)C. The van der Waals surface area contributed by atoms with Gasteiger partial charge in [0.2, 0.25) is 0 Å². The summed E-state index contributed by atoms with van der Waals surface area (Å²) in [7, 11) is 0. The third-order valence-electron chi connectivity index (χ3n) is 34.0. The molecule has 10 saturated carbocycles. The molecule has 14 aliphatic carbocycles. The number of hydrogen-bond acceptors (Lipinski definition) is 16. The Morgan fingerprint density at radius 2 is 0.694 bits per heavy atom. The molecule has 0 heterocycles. The van der Waals surface area contributed by atoms with E-state index in [-0.39, 0.29) is 208 Å². The standard InChI is InChI=1S/C21H22O2.C17H22O2.C17H20O2.C15H24O2.C13H22O2.C13H18O2.C11H20O2.C9H14Cl2O2/c1-13(2)23-19(22)18-20(3,4)21(18)16-11-7-5-9-14(16)15-10-6-8-12-17(15)21;2*1-11(2)19-15(18)14-16(3,4)17(14)10-9-12-7-5-6-8-13(12)17;1-10(2)17-14(16)13-12(15(13,3)4)9-11-7-5-6-8-11;2*1-9(2)15-11(14)10-12(3,4)13(10)7-5-6-8-13;1-7(2)13-9(12)8-10(3,4)11(8,5)6;1-5(2)13-7(12)6-8(3,4)9(6,10)11/h5-13,18H,1-4H3;5-8,11,14H,9-10H2,1-4H3;5-11,14H,1-4H3;9-10,12-13H,5-8H2,1-4H3;9-10H,5-8H2,1-4H3;5-10H,1-4H3;7-8H,1-6H3;5-6H,1-4H3. The average Bonchev–Trinajstić information content (AvgIpc) is 1.46. The maximum Gasteiger partial charge on any atom is 0.312 e. The van der Waals surface area contributed by atoms with E-state index in [1.165, 1.54) is 95.9 Å². The first-order chi connectivity index (χ1) is 61.9. The van der Waals surface area contributed by atoms with Gasteiger partial charge >= 0.3 is 47.8 Å². The number of carbonyl (C=O) groups excluding carboxylic acids is 8. The second kappa shape index (κ2) is 38.1. The second-order valence-electron chi connectivity index (χ2n) is 48.0. The predicted octanol–water partition coefficient (Wildman–Crippen LogP) is 26.6. The van der Waals surface area contributed by atoms with Crippen LogP contribution in [0.1, 0.15) is 327 Å². The number of halogens is 2. The molecule has 14 aliphatic rings. The Morgan fingerprint density at radius 1 is 0.328 bits per heavy atom. The van der Waals surface area contributed by atoms with E-state index in [2.05, 4.69) is 226 Å². The summed E-state index contributed by atoms with van der Waals surface area (Å²) in [4.78, 5) is 96.4. The number of ether oxygens (including phenoxy) is 8. The van der Waals surface area contributed by atoms with Gasteiger partial charge in [-0.05, 0) is 261 Å². The van der Waals surface area contributed by atoms with Crippen LogP contribution in [0.3, 0.4) is 0 Å². The van der Waals surface area contributed by atoms with Crippen LogP contribution < -0.4 is 0 Å². The van der Waals surface area contributed by atoms with Crippen molar-refractivity contribution < 1.29 is 76.3 Å². The molecule has 0 aromatic heterocycles. The van der Waals surface area contributed by atoms with E-state index >= 15 is 0 Å². The third kappa shape index (κ3) is 18.8. The number of carbonyl (C=O) groups is 8. The Kier molecular flexibility index (Phi) is 30.3. The molecule has 10 atom stereocenters. The molecule has 134 heavy (non-hydrogen) atoms. The summed E-state index contributed by atoms with van der Waals surface area (Å²) in [5.41, 5.74) is 11.7. The van der Waals surface area contributed by atoms with Crippen molar-refractivity contribution in [2.75, 3.05) is 0 Å². The largest absolute Gasteiger partial charge is 0.463 e. The normalized spacial score (nSPS) is 28.0. The van der Waals surface area contributed by atoms with Crippen molar-refractivity contribution in [2.24, 2.45) is 113 Å². The molecular formula is C116H162Cl2O16. The molecule has 4 aromatic carbocycles. The van der Waals surface area contributed by atoms with Gasteiger partial charge in [-0.25, -0.2) is 0 Å². The minimum Gasteiger partial charge on any atom is -0.463 e. The van der Waals surface area contributed by atoms with Gasteiger partial charge in [-0.2, -0.15) is 0 Å². The minimum absolute atomic E-state index is 0.000278. The van der Waals surface area contributed by atoms with E-state index in [0.717, 1.165) is 12.8 Å². The topological polar surface area (TPSA) is 210 Å². The van der Waals surface area contributed by atoms with E-state index in [9.17, 15) is 38.4 Å². The van der Waals surface area contributed by atoms with Crippen molar-refractivity contribution in [1.29, 1.82) is 0 Å². The molecule has 0 aliphatic heterocycles. The fraction of sp³-hybridized carbons (Fsp3) is 0.655. The van der Waals surface area contributed by atoms with Gasteiger partial charge in [0, 0.05) is 27.1 Å². The summed E-state index contributed by atoms with van der Waals surface area (Å²) >= 11 is 11.9. The Morgan fingerprint density at radius 3 is 1.13 bits per heavy atom. The zero-order valence-electron chi connectivity index (χ0n) is 87.5. The number of allylic oxidation sites excluding steroid dienone is 7. The van der Waals surface area contributed by atoms with Gasteiger partial charge in [0.1, 0.15) is 4.33 Å². The highest BCUT2D eigenvalue weighted by Gasteiger charge is 2.81. The first-order valence-electron chi connectivity index (χ1n) is 50.1. The van der Waals surface area contributed by atoms with Gasteiger partial charge in [-0.3, -0.25) is 38.4 Å². The van der Waals surface area contributed by atoms with E-state index < -0.39 is 10.3 Å². The number of fused-ring (bicyclic) bond motifs is 9. The number of esters is 8. The summed E-state index contributed by atoms with van der Waals surface area (Å²) in [5.74, 6) is -0.390. The molecule has 4 aromatic rings. The van der Waals surface area contributed by atoms with Crippen LogP contribution in [0, 0.1) is 113 Å². The lowest BCUT2D eigenvalue weighted by Gasteiger charge is -2.17. The summed E-state index contributed by atoms with van der Waals surface area (Å²) < 4.78 is 41.8. The van der Waals surface area contributed by atoms with Crippen LogP contribution in [0.2, 0.25) is 0 Å². The lowest BCUT2D eigenvalue weighted by Crippen LogP contribution is -2.19. The van der Waals surface area contributed by atoms with E-state index in [4.69, 9.17) is 61.1 Å². The van der Waals surface area contributed by atoms with E-state index in [0.29, 0.717) is 11.3 Å². The molecule has 0 radical (unpaired) electrons. The number of hydrogen-bond donors (Lipinski definition) is 0. The average molecular weight is 1880 g/mol. The first kappa shape index (κ1) is 107. The van der Waals surface area contributed by atoms with Crippen LogP contribution in [0.25, 0.3) is 17.2 Å². The minimum atomic E-state index is -0.959. The number of benzene rings is 4. The summed E-state index contributed by atoms with van der Waals surface area (Å²) in [5, 5.41) is 0. The maximum atomic E-state index is 12.8. The fourth-order valence-corrected chi connectivity index (χ4v) is 26.5. The van der Waals surface area contributed by atoms with Gasteiger partial charge in [0.05, 0.1) is 96.2 Å². The predicted molar refractivity (Wildman–Crippen MR) is 534 cm³/mol. The van der Waals surface area contributed by atoms with Crippen LogP contribution in [-0.2, 0) is 98.9 Å². The molecule has 0 amide bonds. The molecule has 16 nitrogen and oxygen atoms in total. The number of rotatable bonds is 17. The zero-order chi connectivity index (χ0) is 100. The van der Waals surface area contributed by atoms with Gasteiger partial charge in [-0.1, -0.05) is 283 Å². The maximum absolute atomic E-state index is 12.8. The monoisotopic (exact) mass is 1880 g/mol. The molecule has 5 spiro atoms. The van der Waals surface area contributed by atoms with Crippen LogP contribution in [0.4, 0.5) is 0 Å². The van der Waals surface area contributed by atoms with Crippen molar-refractivity contribution in [3.63, 3.8) is 0 Å². The lowest BCUT2D eigenvalue weighted by atomic mass is 9.85. The van der Waals surface area contributed by atoms with Crippen LogP contribution in [0.15, 0.2) is 139 Å². The summed E-state index contributed by atoms with van der Waals surface area (Å²) in [6.45, 7) is 68.7. The Hall–Kier alpha value is -7.82. The van der Waals surface area contributed by atoms with Crippen molar-refractivity contribution >= 4 is 77.0 Å². The van der Waals surface area contributed by atoms with Gasteiger partial charge < -0.3 is 37.9 Å². The van der Waals surface area contributed by atoms with Crippen molar-refractivity contribution in [3.8, 4) is 11.1 Å². The molecule has 0 saturated heterocycles.